The molecule has 21 heavy (non-hydrogen) atoms. The monoisotopic (exact) mass is 336 g/mol. The first-order valence-corrected chi connectivity index (χ1v) is 10.5. The first-order chi connectivity index (χ1) is 10.0. The summed E-state index contributed by atoms with van der Waals surface area (Å²) in [5.41, 5.74) is 0. The summed E-state index contributed by atoms with van der Waals surface area (Å²) in [7, 11) is -3.13. The Hall–Kier alpha value is -0.470. The van der Waals surface area contributed by atoms with E-state index in [9.17, 15) is 8.42 Å². The van der Waals surface area contributed by atoms with Crippen LogP contribution in [0.1, 0.15) is 33.1 Å². The number of nitrogens with one attached hydrogen (secondary N) is 3. The third-order valence-corrected chi connectivity index (χ3v) is 5.99. The topological polar surface area (TPSA) is 82.6 Å². The van der Waals surface area contributed by atoms with Gasteiger partial charge in [-0.3, -0.25) is 4.99 Å². The van der Waals surface area contributed by atoms with Gasteiger partial charge in [-0.1, -0.05) is 0 Å². The summed E-state index contributed by atoms with van der Waals surface area (Å²) in [6.07, 6.45) is 5.73. The van der Waals surface area contributed by atoms with Crippen LogP contribution in [-0.2, 0) is 10.0 Å². The predicted octanol–water partition coefficient (Wildman–Crippen LogP) is 0.765. The summed E-state index contributed by atoms with van der Waals surface area (Å²) in [6, 6.07) is 0.465. The third-order valence-electron chi connectivity index (χ3n) is 3.49. The molecule has 0 saturated heterocycles. The number of aliphatic imine (C=N–C) groups is 1. The van der Waals surface area contributed by atoms with Gasteiger partial charge in [0, 0.05) is 24.4 Å². The third kappa shape index (κ3) is 7.37. The fraction of sp³-hybridized carbons (Fsp3) is 0.923. The summed E-state index contributed by atoms with van der Waals surface area (Å²) >= 11 is 1.93. The number of hydrogen-bond acceptors (Lipinski definition) is 4. The Balaban J connectivity index is 2.40. The maximum atomic E-state index is 11.3. The molecule has 2 atom stereocenters. The Morgan fingerprint density at radius 3 is 2.67 bits per heavy atom. The number of rotatable bonds is 8. The molecule has 0 aromatic rings. The molecule has 0 heterocycles. The van der Waals surface area contributed by atoms with Crippen molar-refractivity contribution in [3.05, 3.63) is 0 Å². The van der Waals surface area contributed by atoms with Crippen LogP contribution in [0, 0.1) is 0 Å². The van der Waals surface area contributed by atoms with Gasteiger partial charge in [0.25, 0.3) is 0 Å². The molecule has 8 heteroatoms. The van der Waals surface area contributed by atoms with Crippen molar-refractivity contribution in [2.45, 2.75) is 44.4 Å². The molecule has 0 aromatic carbocycles. The van der Waals surface area contributed by atoms with Gasteiger partial charge in [-0.05, 0) is 39.4 Å². The highest BCUT2D eigenvalue weighted by molar-refractivity contribution is 7.99. The molecular formula is C13H28N4O2S2. The largest absolute Gasteiger partial charge is 0.357 e. The molecule has 0 amide bonds. The Kier molecular flexibility index (Phi) is 8.43. The minimum absolute atomic E-state index is 0.104. The van der Waals surface area contributed by atoms with Gasteiger partial charge in [0.15, 0.2) is 5.96 Å². The zero-order valence-corrected chi connectivity index (χ0v) is 14.8. The van der Waals surface area contributed by atoms with Crippen LogP contribution in [0.3, 0.4) is 0 Å². The maximum absolute atomic E-state index is 11.3. The standard InChI is InChI=1S/C13H28N4O2S2/c1-4-14-13(15-8-9-16-21(18,19)5-2)17-11-6-7-12(10-11)20-3/h11-12,16H,4-10H2,1-3H3,(H2,14,15,17). The van der Waals surface area contributed by atoms with Crippen molar-refractivity contribution in [2.24, 2.45) is 4.99 Å². The lowest BCUT2D eigenvalue weighted by Crippen LogP contribution is -2.43. The molecule has 1 saturated carbocycles. The quantitative estimate of drug-likeness (QED) is 0.346. The number of nitrogens with zero attached hydrogens (tertiary/aromatic N) is 1. The van der Waals surface area contributed by atoms with E-state index >= 15 is 0 Å². The van der Waals surface area contributed by atoms with Crippen LogP contribution < -0.4 is 15.4 Å². The van der Waals surface area contributed by atoms with E-state index in [0.717, 1.165) is 24.2 Å². The summed E-state index contributed by atoms with van der Waals surface area (Å²) in [6.45, 7) is 5.22. The van der Waals surface area contributed by atoms with E-state index in [-0.39, 0.29) is 5.75 Å². The average molecular weight is 337 g/mol. The molecule has 0 aliphatic heterocycles. The number of thioether (sulfide) groups is 1. The van der Waals surface area contributed by atoms with E-state index in [4.69, 9.17) is 0 Å². The normalized spacial score (nSPS) is 23.3. The maximum Gasteiger partial charge on any atom is 0.211 e. The van der Waals surface area contributed by atoms with Crippen LogP contribution in [0.5, 0.6) is 0 Å². The first kappa shape index (κ1) is 18.6. The molecule has 0 bridgehead atoms. The highest BCUT2D eigenvalue weighted by Gasteiger charge is 2.24. The second kappa shape index (κ2) is 9.53. The summed E-state index contributed by atoms with van der Waals surface area (Å²) in [5.74, 6) is 0.882. The molecule has 2 unspecified atom stereocenters. The van der Waals surface area contributed by atoms with E-state index < -0.39 is 10.0 Å². The highest BCUT2D eigenvalue weighted by Crippen LogP contribution is 2.27. The molecule has 0 aromatic heterocycles. The van der Waals surface area contributed by atoms with Gasteiger partial charge in [-0.2, -0.15) is 11.8 Å². The second-order valence-corrected chi connectivity index (χ2v) is 8.30. The van der Waals surface area contributed by atoms with E-state index in [0.29, 0.717) is 19.1 Å². The van der Waals surface area contributed by atoms with Gasteiger partial charge in [0.1, 0.15) is 0 Å². The minimum Gasteiger partial charge on any atom is -0.357 e. The predicted molar refractivity (Wildman–Crippen MR) is 91.5 cm³/mol. The Bertz CT molecular complexity index is 426. The Morgan fingerprint density at radius 2 is 2.10 bits per heavy atom. The lowest BCUT2D eigenvalue weighted by atomic mass is 10.2. The SMILES string of the molecule is CCNC(=NCCNS(=O)(=O)CC)NC1CCC(SC)C1. The van der Waals surface area contributed by atoms with Crippen LogP contribution in [0.4, 0.5) is 0 Å². The molecule has 1 aliphatic rings. The number of sulfonamides is 1. The van der Waals surface area contributed by atoms with Crippen molar-refractivity contribution in [1.29, 1.82) is 0 Å². The summed E-state index contributed by atoms with van der Waals surface area (Å²) < 4.78 is 25.2. The number of hydrogen-bond donors (Lipinski definition) is 3. The first-order valence-electron chi connectivity index (χ1n) is 7.55. The Labute approximate surface area is 133 Å². The number of guanidine groups is 1. The fourth-order valence-electron chi connectivity index (χ4n) is 2.27. The molecular weight excluding hydrogens is 308 g/mol. The zero-order valence-electron chi connectivity index (χ0n) is 13.2. The van der Waals surface area contributed by atoms with Gasteiger partial charge in [0.05, 0.1) is 12.3 Å². The molecule has 0 radical (unpaired) electrons. The van der Waals surface area contributed by atoms with Crippen LogP contribution in [0.25, 0.3) is 0 Å². The van der Waals surface area contributed by atoms with Gasteiger partial charge < -0.3 is 10.6 Å². The molecule has 6 nitrogen and oxygen atoms in total. The Morgan fingerprint density at radius 1 is 1.33 bits per heavy atom. The van der Waals surface area contributed by atoms with E-state index in [1.54, 1.807) is 6.92 Å². The van der Waals surface area contributed by atoms with Crippen LogP contribution in [0.2, 0.25) is 0 Å². The van der Waals surface area contributed by atoms with E-state index in [1.807, 2.05) is 18.7 Å². The van der Waals surface area contributed by atoms with Crippen molar-refractivity contribution < 1.29 is 8.42 Å². The molecule has 1 aliphatic carbocycles. The second-order valence-electron chi connectivity index (χ2n) is 5.07. The van der Waals surface area contributed by atoms with Crippen molar-refractivity contribution in [3.8, 4) is 0 Å². The summed E-state index contributed by atoms with van der Waals surface area (Å²) in [4.78, 5) is 4.43. The molecule has 1 rings (SSSR count). The van der Waals surface area contributed by atoms with E-state index in [1.165, 1.54) is 12.8 Å². The van der Waals surface area contributed by atoms with Crippen molar-refractivity contribution in [3.63, 3.8) is 0 Å². The van der Waals surface area contributed by atoms with Crippen LogP contribution in [0.15, 0.2) is 4.99 Å². The van der Waals surface area contributed by atoms with Crippen molar-refractivity contribution in [2.75, 3.05) is 31.6 Å². The zero-order chi connectivity index (χ0) is 15.7. The highest BCUT2D eigenvalue weighted by atomic mass is 32.2. The van der Waals surface area contributed by atoms with Crippen molar-refractivity contribution in [1.82, 2.24) is 15.4 Å². The van der Waals surface area contributed by atoms with E-state index in [2.05, 4.69) is 26.6 Å². The lowest BCUT2D eigenvalue weighted by molar-refractivity contribution is 0.582. The van der Waals surface area contributed by atoms with Gasteiger partial charge >= 0.3 is 0 Å². The lowest BCUT2D eigenvalue weighted by Gasteiger charge is -2.17. The van der Waals surface area contributed by atoms with Crippen LogP contribution in [-0.4, -0.2) is 57.3 Å². The van der Waals surface area contributed by atoms with Crippen LogP contribution >= 0.6 is 11.8 Å². The van der Waals surface area contributed by atoms with Gasteiger partial charge in [-0.25, -0.2) is 13.1 Å². The van der Waals surface area contributed by atoms with Gasteiger partial charge in [0.2, 0.25) is 10.0 Å². The summed E-state index contributed by atoms with van der Waals surface area (Å²) in [5, 5.41) is 7.39. The minimum atomic E-state index is -3.13. The molecule has 3 N–H and O–H groups in total. The molecule has 1 fully saturated rings. The molecule has 0 spiro atoms. The average Bonchev–Trinajstić information content (AvgIpc) is 2.91. The smallest absolute Gasteiger partial charge is 0.211 e. The fourth-order valence-corrected chi connectivity index (χ4v) is 3.67. The van der Waals surface area contributed by atoms with Gasteiger partial charge in [-0.15, -0.1) is 0 Å². The molecule has 124 valence electrons. The van der Waals surface area contributed by atoms with Crippen molar-refractivity contribution >= 4 is 27.7 Å².